The van der Waals surface area contributed by atoms with Crippen molar-refractivity contribution in [2.75, 3.05) is 13.1 Å². The summed E-state index contributed by atoms with van der Waals surface area (Å²) in [5.74, 6) is 0.130. The molecule has 0 aliphatic carbocycles. The molecule has 3 rings (SSSR count). The Morgan fingerprint density at radius 3 is 2.47 bits per heavy atom. The Hall–Kier alpha value is -1.88. The molecule has 0 atom stereocenters. The number of hydrogen-bond donors (Lipinski definition) is 0. The lowest BCUT2D eigenvalue weighted by atomic mass is 10.1. The molecule has 0 bridgehead atoms. The highest BCUT2D eigenvalue weighted by Crippen LogP contribution is 2.20. The molecule has 1 saturated heterocycles. The summed E-state index contributed by atoms with van der Waals surface area (Å²) in [5, 5.41) is 8.84. The van der Waals surface area contributed by atoms with Crippen LogP contribution in [-0.4, -0.2) is 38.9 Å². The van der Waals surface area contributed by atoms with E-state index in [1.165, 1.54) is 0 Å². The molecule has 1 aromatic heterocycles. The average molecular weight is 277 g/mol. The van der Waals surface area contributed by atoms with E-state index in [0.29, 0.717) is 24.5 Å². The van der Waals surface area contributed by atoms with Gasteiger partial charge in [0, 0.05) is 18.1 Å². The molecule has 1 aliphatic heterocycles. The quantitative estimate of drug-likeness (QED) is 0.855. The Balaban J connectivity index is 1.54. The van der Waals surface area contributed by atoms with Gasteiger partial charge in [-0.05, 0) is 17.7 Å². The van der Waals surface area contributed by atoms with E-state index in [-0.39, 0.29) is 11.9 Å². The lowest BCUT2D eigenvalue weighted by molar-refractivity contribution is -0.136. The molecule has 19 heavy (non-hydrogen) atoms. The Morgan fingerprint density at radius 1 is 1.21 bits per heavy atom. The van der Waals surface area contributed by atoms with Crippen molar-refractivity contribution in [1.29, 1.82) is 0 Å². The van der Waals surface area contributed by atoms with Crippen molar-refractivity contribution in [3.05, 3.63) is 47.2 Å². The summed E-state index contributed by atoms with van der Waals surface area (Å²) < 4.78 is 0. The predicted octanol–water partition coefficient (Wildman–Crippen LogP) is 1.56. The lowest BCUT2D eigenvalue weighted by Crippen LogP contribution is -2.51. The van der Waals surface area contributed by atoms with Gasteiger partial charge in [-0.3, -0.25) is 4.79 Å². The fourth-order valence-electron chi connectivity index (χ4n) is 2.11. The van der Waals surface area contributed by atoms with Gasteiger partial charge in [0.25, 0.3) is 0 Å². The number of halogens is 1. The number of carbonyl (C=O) groups is 1. The zero-order valence-corrected chi connectivity index (χ0v) is 11.0. The molecule has 2 heterocycles. The first kappa shape index (κ1) is 12.2. The second-order valence-corrected chi connectivity index (χ2v) is 5.04. The van der Waals surface area contributed by atoms with Gasteiger partial charge in [-0.15, -0.1) is 0 Å². The zero-order chi connectivity index (χ0) is 13.2. The molecule has 1 amide bonds. The number of nitrogens with zero attached hydrogens (tertiary/aromatic N) is 4. The van der Waals surface area contributed by atoms with Crippen molar-refractivity contribution in [3.63, 3.8) is 0 Å². The first-order valence-electron chi connectivity index (χ1n) is 6.10. The number of hydrogen-bond acceptors (Lipinski definition) is 3. The van der Waals surface area contributed by atoms with E-state index in [1.807, 2.05) is 17.0 Å². The highest BCUT2D eigenvalue weighted by Gasteiger charge is 2.32. The first-order chi connectivity index (χ1) is 9.22. The van der Waals surface area contributed by atoms with Crippen LogP contribution in [0.15, 0.2) is 36.7 Å². The normalized spacial score (nSPS) is 15.3. The Kier molecular flexibility index (Phi) is 3.21. The van der Waals surface area contributed by atoms with Crippen molar-refractivity contribution in [3.8, 4) is 0 Å². The molecular weight excluding hydrogens is 264 g/mol. The van der Waals surface area contributed by atoms with Gasteiger partial charge in [0.05, 0.1) is 18.8 Å². The molecule has 5 nitrogen and oxygen atoms in total. The van der Waals surface area contributed by atoms with Crippen LogP contribution in [0.1, 0.15) is 11.6 Å². The molecule has 1 aromatic carbocycles. The second kappa shape index (κ2) is 5.01. The van der Waals surface area contributed by atoms with Crippen LogP contribution in [0.25, 0.3) is 0 Å². The Labute approximate surface area is 115 Å². The fourth-order valence-corrected chi connectivity index (χ4v) is 2.23. The molecular formula is C13H13ClN4O. The molecule has 2 aromatic rings. The van der Waals surface area contributed by atoms with Crippen LogP contribution in [-0.2, 0) is 11.2 Å². The van der Waals surface area contributed by atoms with E-state index in [9.17, 15) is 4.79 Å². The number of likely N-dealkylation sites (tertiary alicyclic amines) is 1. The van der Waals surface area contributed by atoms with Crippen molar-refractivity contribution in [2.45, 2.75) is 12.5 Å². The van der Waals surface area contributed by atoms with Gasteiger partial charge in [0.1, 0.15) is 6.04 Å². The topological polar surface area (TPSA) is 51.0 Å². The molecule has 0 radical (unpaired) electrons. The van der Waals surface area contributed by atoms with E-state index in [4.69, 9.17) is 11.6 Å². The summed E-state index contributed by atoms with van der Waals surface area (Å²) in [5.41, 5.74) is 0.982. The zero-order valence-electron chi connectivity index (χ0n) is 10.2. The van der Waals surface area contributed by atoms with Gasteiger partial charge >= 0.3 is 0 Å². The first-order valence-corrected chi connectivity index (χ1v) is 6.48. The smallest absolute Gasteiger partial charge is 0.227 e. The van der Waals surface area contributed by atoms with Crippen molar-refractivity contribution in [1.82, 2.24) is 19.9 Å². The monoisotopic (exact) mass is 276 g/mol. The van der Waals surface area contributed by atoms with Crippen molar-refractivity contribution in [2.24, 2.45) is 0 Å². The standard InChI is InChI=1S/C13H13ClN4O/c14-11-3-1-10(2-4-11)7-13(19)17-8-12(9-17)18-15-5-6-16-18/h1-6,12H,7-9H2. The third-order valence-corrected chi connectivity index (χ3v) is 3.50. The van der Waals surface area contributed by atoms with Crippen molar-refractivity contribution >= 4 is 17.5 Å². The maximum Gasteiger partial charge on any atom is 0.227 e. The van der Waals surface area contributed by atoms with E-state index >= 15 is 0 Å². The number of rotatable bonds is 3. The summed E-state index contributed by atoms with van der Waals surface area (Å²) in [7, 11) is 0. The van der Waals surface area contributed by atoms with Crippen LogP contribution in [0.3, 0.4) is 0 Å². The molecule has 1 fully saturated rings. The van der Waals surface area contributed by atoms with E-state index in [0.717, 1.165) is 5.56 Å². The number of amides is 1. The van der Waals surface area contributed by atoms with Crippen LogP contribution in [0, 0.1) is 0 Å². The molecule has 1 aliphatic rings. The summed E-state index contributed by atoms with van der Waals surface area (Å²) in [4.78, 5) is 15.5. The van der Waals surface area contributed by atoms with Crippen LogP contribution < -0.4 is 0 Å². The Bertz CT molecular complexity index is 561. The molecule has 0 unspecified atom stereocenters. The van der Waals surface area contributed by atoms with Crippen LogP contribution in [0.2, 0.25) is 5.02 Å². The molecule has 0 saturated carbocycles. The largest absolute Gasteiger partial charge is 0.338 e. The SMILES string of the molecule is O=C(Cc1ccc(Cl)cc1)N1CC(n2nccn2)C1. The van der Waals surface area contributed by atoms with Gasteiger partial charge in [0.15, 0.2) is 0 Å². The number of benzene rings is 1. The summed E-state index contributed by atoms with van der Waals surface area (Å²) in [6.07, 6.45) is 3.72. The van der Waals surface area contributed by atoms with Gasteiger partial charge in [0.2, 0.25) is 5.91 Å². The molecule has 98 valence electrons. The van der Waals surface area contributed by atoms with Gasteiger partial charge < -0.3 is 4.90 Å². The fraction of sp³-hybridized carbons (Fsp3) is 0.308. The molecule has 0 spiro atoms. The van der Waals surface area contributed by atoms with Crippen LogP contribution in [0.5, 0.6) is 0 Å². The van der Waals surface area contributed by atoms with Gasteiger partial charge in [-0.2, -0.15) is 15.0 Å². The summed E-state index contributed by atoms with van der Waals surface area (Å²) in [6.45, 7) is 1.36. The van der Waals surface area contributed by atoms with Gasteiger partial charge in [-0.25, -0.2) is 0 Å². The van der Waals surface area contributed by atoms with Crippen LogP contribution >= 0.6 is 11.6 Å². The maximum absolute atomic E-state index is 12.0. The second-order valence-electron chi connectivity index (χ2n) is 4.61. The van der Waals surface area contributed by atoms with E-state index in [2.05, 4.69) is 10.2 Å². The minimum Gasteiger partial charge on any atom is -0.338 e. The summed E-state index contributed by atoms with van der Waals surface area (Å²) >= 11 is 5.81. The van der Waals surface area contributed by atoms with Crippen molar-refractivity contribution < 1.29 is 4.79 Å². The van der Waals surface area contributed by atoms with Gasteiger partial charge in [-0.1, -0.05) is 23.7 Å². The highest BCUT2D eigenvalue weighted by molar-refractivity contribution is 6.30. The third-order valence-electron chi connectivity index (χ3n) is 3.25. The number of aromatic nitrogens is 3. The number of carbonyl (C=O) groups excluding carboxylic acids is 1. The van der Waals surface area contributed by atoms with E-state index < -0.39 is 0 Å². The van der Waals surface area contributed by atoms with E-state index in [1.54, 1.807) is 29.3 Å². The average Bonchev–Trinajstić information content (AvgIpc) is 2.84. The Morgan fingerprint density at radius 2 is 1.84 bits per heavy atom. The lowest BCUT2D eigenvalue weighted by Gasteiger charge is -2.38. The molecule has 0 N–H and O–H groups in total. The summed E-state index contributed by atoms with van der Waals surface area (Å²) in [6, 6.07) is 7.58. The minimum atomic E-state index is 0.130. The molecule has 6 heteroatoms. The highest BCUT2D eigenvalue weighted by atomic mass is 35.5. The third kappa shape index (κ3) is 2.61. The van der Waals surface area contributed by atoms with Crippen LogP contribution in [0.4, 0.5) is 0 Å². The minimum absolute atomic E-state index is 0.130. The maximum atomic E-state index is 12.0. The predicted molar refractivity (Wildman–Crippen MR) is 70.8 cm³/mol.